The van der Waals surface area contributed by atoms with Crippen molar-refractivity contribution in [2.45, 2.75) is 13.8 Å². The molecular formula is C11H20N4. The van der Waals surface area contributed by atoms with Crippen LogP contribution in [0.1, 0.15) is 13.8 Å². The van der Waals surface area contributed by atoms with Gasteiger partial charge in [0.25, 0.3) is 0 Å². The Morgan fingerprint density at radius 3 is 2.60 bits per heavy atom. The predicted molar refractivity (Wildman–Crippen MR) is 64.9 cm³/mol. The predicted octanol–water partition coefficient (Wildman–Crippen LogP) is 1.42. The van der Waals surface area contributed by atoms with Crippen LogP contribution in [0.4, 0.5) is 11.5 Å². The van der Waals surface area contributed by atoms with Crippen LogP contribution in [0.25, 0.3) is 0 Å². The molecule has 0 aliphatic carbocycles. The minimum atomic E-state index is 0.560. The van der Waals surface area contributed by atoms with Crippen molar-refractivity contribution in [1.82, 2.24) is 9.88 Å². The summed E-state index contributed by atoms with van der Waals surface area (Å²) in [6.45, 7) is 8.53. The number of hydrogen-bond donors (Lipinski definition) is 2. The highest BCUT2D eigenvalue weighted by atomic mass is 15.1. The molecule has 0 aliphatic rings. The van der Waals surface area contributed by atoms with Gasteiger partial charge >= 0.3 is 0 Å². The SMILES string of the molecule is CCN(CC)CCNc1ccc(N)nc1. The maximum atomic E-state index is 5.50. The van der Waals surface area contributed by atoms with Crippen LogP contribution in [0.15, 0.2) is 18.3 Å². The summed E-state index contributed by atoms with van der Waals surface area (Å²) in [5.74, 6) is 0.560. The molecule has 0 aromatic carbocycles. The third kappa shape index (κ3) is 4.16. The number of pyridine rings is 1. The molecule has 0 fully saturated rings. The number of nitrogens with one attached hydrogen (secondary N) is 1. The molecule has 0 spiro atoms. The topological polar surface area (TPSA) is 54.2 Å². The largest absolute Gasteiger partial charge is 0.384 e. The molecule has 15 heavy (non-hydrogen) atoms. The highest BCUT2D eigenvalue weighted by Crippen LogP contribution is 2.06. The smallest absolute Gasteiger partial charge is 0.123 e. The number of anilines is 2. The van der Waals surface area contributed by atoms with Gasteiger partial charge in [0.2, 0.25) is 0 Å². The molecule has 0 saturated heterocycles. The van der Waals surface area contributed by atoms with E-state index in [2.05, 4.69) is 29.0 Å². The van der Waals surface area contributed by atoms with Crippen LogP contribution < -0.4 is 11.1 Å². The summed E-state index contributed by atoms with van der Waals surface area (Å²) in [5, 5.41) is 3.31. The van der Waals surface area contributed by atoms with Crippen molar-refractivity contribution in [2.75, 3.05) is 37.2 Å². The molecule has 3 N–H and O–H groups in total. The number of nitrogens with two attached hydrogens (primary N) is 1. The number of rotatable bonds is 6. The van der Waals surface area contributed by atoms with Gasteiger partial charge in [0.1, 0.15) is 5.82 Å². The van der Waals surface area contributed by atoms with Gasteiger partial charge in [-0.1, -0.05) is 13.8 Å². The van der Waals surface area contributed by atoms with Crippen LogP contribution >= 0.6 is 0 Å². The van der Waals surface area contributed by atoms with E-state index in [0.29, 0.717) is 5.82 Å². The summed E-state index contributed by atoms with van der Waals surface area (Å²) in [6, 6.07) is 3.75. The number of aromatic nitrogens is 1. The summed E-state index contributed by atoms with van der Waals surface area (Å²) in [6.07, 6.45) is 1.76. The molecule has 0 amide bonds. The van der Waals surface area contributed by atoms with Gasteiger partial charge in [-0.25, -0.2) is 4.98 Å². The molecular weight excluding hydrogens is 188 g/mol. The second-order valence-electron chi connectivity index (χ2n) is 3.43. The van der Waals surface area contributed by atoms with Crippen molar-refractivity contribution >= 4 is 11.5 Å². The van der Waals surface area contributed by atoms with E-state index < -0.39 is 0 Å². The van der Waals surface area contributed by atoms with Gasteiger partial charge in [0.05, 0.1) is 11.9 Å². The first kappa shape index (κ1) is 11.8. The average Bonchev–Trinajstić information content (AvgIpc) is 2.27. The summed E-state index contributed by atoms with van der Waals surface area (Å²) in [5.41, 5.74) is 6.52. The Balaban J connectivity index is 2.28. The minimum absolute atomic E-state index is 0.560. The Bertz CT molecular complexity index is 266. The van der Waals surface area contributed by atoms with E-state index >= 15 is 0 Å². The fourth-order valence-corrected chi connectivity index (χ4v) is 1.41. The highest BCUT2D eigenvalue weighted by molar-refractivity contribution is 5.45. The molecule has 4 heteroatoms. The zero-order valence-corrected chi connectivity index (χ0v) is 9.53. The van der Waals surface area contributed by atoms with Crippen molar-refractivity contribution in [3.05, 3.63) is 18.3 Å². The molecule has 0 radical (unpaired) electrons. The van der Waals surface area contributed by atoms with E-state index in [0.717, 1.165) is 31.9 Å². The summed E-state index contributed by atoms with van der Waals surface area (Å²) in [7, 11) is 0. The molecule has 0 saturated carbocycles. The average molecular weight is 208 g/mol. The summed E-state index contributed by atoms with van der Waals surface area (Å²) in [4.78, 5) is 6.39. The van der Waals surface area contributed by atoms with Crippen LogP contribution in [0, 0.1) is 0 Å². The van der Waals surface area contributed by atoms with Crippen molar-refractivity contribution in [3.8, 4) is 0 Å². The maximum Gasteiger partial charge on any atom is 0.123 e. The molecule has 0 atom stereocenters. The number of nitrogen functional groups attached to an aromatic ring is 1. The molecule has 1 heterocycles. The number of likely N-dealkylation sites (N-methyl/N-ethyl adjacent to an activating group) is 1. The minimum Gasteiger partial charge on any atom is -0.384 e. The number of hydrogen-bond acceptors (Lipinski definition) is 4. The van der Waals surface area contributed by atoms with Gasteiger partial charge in [0, 0.05) is 13.1 Å². The van der Waals surface area contributed by atoms with Crippen molar-refractivity contribution in [3.63, 3.8) is 0 Å². The molecule has 1 aromatic rings. The lowest BCUT2D eigenvalue weighted by Crippen LogP contribution is -2.28. The molecule has 1 rings (SSSR count). The Morgan fingerprint density at radius 1 is 1.33 bits per heavy atom. The van der Waals surface area contributed by atoms with Crippen LogP contribution in [0.3, 0.4) is 0 Å². The molecule has 4 nitrogen and oxygen atoms in total. The molecule has 1 aromatic heterocycles. The quantitative estimate of drug-likeness (QED) is 0.742. The van der Waals surface area contributed by atoms with Crippen molar-refractivity contribution in [1.29, 1.82) is 0 Å². The van der Waals surface area contributed by atoms with Gasteiger partial charge in [0.15, 0.2) is 0 Å². The van der Waals surface area contributed by atoms with E-state index in [1.165, 1.54) is 0 Å². The van der Waals surface area contributed by atoms with Gasteiger partial charge in [-0.2, -0.15) is 0 Å². The molecule has 0 unspecified atom stereocenters. The fourth-order valence-electron chi connectivity index (χ4n) is 1.41. The van der Waals surface area contributed by atoms with E-state index in [1.54, 1.807) is 12.3 Å². The molecule has 0 bridgehead atoms. The van der Waals surface area contributed by atoms with E-state index in [1.807, 2.05) is 6.07 Å². The van der Waals surface area contributed by atoms with Crippen LogP contribution in [-0.2, 0) is 0 Å². The first-order valence-corrected chi connectivity index (χ1v) is 5.44. The zero-order chi connectivity index (χ0) is 11.1. The van der Waals surface area contributed by atoms with Gasteiger partial charge in [-0.3, -0.25) is 0 Å². The lowest BCUT2D eigenvalue weighted by Gasteiger charge is -2.18. The van der Waals surface area contributed by atoms with E-state index in [4.69, 9.17) is 5.73 Å². The summed E-state index contributed by atoms with van der Waals surface area (Å²) >= 11 is 0. The monoisotopic (exact) mass is 208 g/mol. The van der Waals surface area contributed by atoms with Crippen molar-refractivity contribution < 1.29 is 0 Å². The van der Waals surface area contributed by atoms with Crippen molar-refractivity contribution in [2.24, 2.45) is 0 Å². The van der Waals surface area contributed by atoms with Gasteiger partial charge in [-0.15, -0.1) is 0 Å². The van der Waals surface area contributed by atoms with E-state index in [-0.39, 0.29) is 0 Å². The van der Waals surface area contributed by atoms with Gasteiger partial charge in [-0.05, 0) is 25.2 Å². The Kier molecular flexibility index (Phi) is 4.90. The number of nitrogens with zero attached hydrogens (tertiary/aromatic N) is 2. The Morgan fingerprint density at radius 2 is 2.07 bits per heavy atom. The van der Waals surface area contributed by atoms with Crippen LogP contribution in [0.2, 0.25) is 0 Å². The van der Waals surface area contributed by atoms with E-state index in [9.17, 15) is 0 Å². The standard InChI is InChI=1S/C11H20N4/c1-3-15(4-2)8-7-13-10-5-6-11(12)14-9-10/h5-6,9,13H,3-4,7-8H2,1-2H3,(H2,12,14). The normalized spacial score (nSPS) is 10.6. The second-order valence-corrected chi connectivity index (χ2v) is 3.43. The van der Waals surface area contributed by atoms with Gasteiger partial charge < -0.3 is 16.0 Å². The van der Waals surface area contributed by atoms with Crippen LogP contribution in [0.5, 0.6) is 0 Å². The lowest BCUT2D eigenvalue weighted by molar-refractivity contribution is 0.316. The fraction of sp³-hybridized carbons (Fsp3) is 0.545. The lowest BCUT2D eigenvalue weighted by atomic mass is 10.4. The highest BCUT2D eigenvalue weighted by Gasteiger charge is 1.98. The molecule has 84 valence electrons. The van der Waals surface area contributed by atoms with Crippen LogP contribution in [-0.4, -0.2) is 36.1 Å². The first-order valence-electron chi connectivity index (χ1n) is 5.44. The third-order valence-corrected chi connectivity index (χ3v) is 2.44. The zero-order valence-electron chi connectivity index (χ0n) is 9.53. The summed E-state index contributed by atoms with van der Waals surface area (Å²) < 4.78 is 0. The Hall–Kier alpha value is -1.29. The third-order valence-electron chi connectivity index (χ3n) is 2.44. The second kappa shape index (κ2) is 6.24. The molecule has 0 aliphatic heterocycles. The first-order chi connectivity index (χ1) is 7.26. The maximum absolute atomic E-state index is 5.50. The Labute approximate surface area is 91.5 Å².